The topological polar surface area (TPSA) is 61.9 Å². The molecular weight excluding hydrogens is 426 g/mol. The zero-order chi connectivity index (χ0) is 24.5. The van der Waals surface area contributed by atoms with Crippen molar-refractivity contribution >= 4 is 11.8 Å². The smallest absolute Gasteiger partial charge is 0.225 e. The van der Waals surface area contributed by atoms with Crippen molar-refractivity contribution in [3.8, 4) is 5.75 Å². The van der Waals surface area contributed by atoms with Crippen molar-refractivity contribution in [3.05, 3.63) is 65.7 Å². The molecule has 0 aliphatic carbocycles. The summed E-state index contributed by atoms with van der Waals surface area (Å²) in [7, 11) is 5.73. The SMILES string of the molecule is CCCCN1C(=O)CCC(C(=O)NCC(Cc2ccccc2)N(C)C)C1c1ccccc1OC. The van der Waals surface area contributed by atoms with Gasteiger partial charge in [-0.1, -0.05) is 61.9 Å². The fraction of sp³-hybridized carbons (Fsp3) is 0.500. The van der Waals surface area contributed by atoms with Gasteiger partial charge in [0.05, 0.1) is 19.1 Å². The highest BCUT2D eigenvalue weighted by molar-refractivity contribution is 5.85. The molecule has 1 saturated heterocycles. The van der Waals surface area contributed by atoms with Crippen molar-refractivity contribution in [2.45, 2.75) is 51.1 Å². The number of unbranched alkanes of at least 4 members (excludes halogenated alkanes) is 1. The first-order valence-corrected chi connectivity index (χ1v) is 12.4. The Kier molecular flexibility index (Phi) is 9.52. The van der Waals surface area contributed by atoms with Crippen LogP contribution >= 0.6 is 0 Å². The number of carbonyl (C=O) groups is 2. The molecule has 1 fully saturated rings. The second-order valence-electron chi connectivity index (χ2n) is 9.32. The van der Waals surface area contributed by atoms with E-state index in [0.717, 1.165) is 30.6 Å². The summed E-state index contributed by atoms with van der Waals surface area (Å²) in [5, 5.41) is 3.22. The molecule has 0 bridgehead atoms. The Labute approximate surface area is 204 Å². The number of likely N-dealkylation sites (N-methyl/N-ethyl adjacent to an activating group) is 1. The quantitative estimate of drug-likeness (QED) is 0.544. The minimum atomic E-state index is -0.323. The molecule has 1 N–H and O–H groups in total. The number of para-hydroxylation sites is 1. The summed E-state index contributed by atoms with van der Waals surface area (Å²) < 4.78 is 5.63. The van der Waals surface area contributed by atoms with Gasteiger partial charge in [0.2, 0.25) is 11.8 Å². The summed E-state index contributed by atoms with van der Waals surface area (Å²) in [5.41, 5.74) is 2.15. The molecule has 0 aromatic heterocycles. The lowest BCUT2D eigenvalue weighted by Crippen LogP contribution is -2.50. The first-order valence-electron chi connectivity index (χ1n) is 12.4. The predicted molar refractivity (Wildman–Crippen MR) is 136 cm³/mol. The summed E-state index contributed by atoms with van der Waals surface area (Å²) in [6, 6.07) is 18.0. The maximum atomic E-state index is 13.6. The average Bonchev–Trinajstić information content (AvgIpc) is 2.85. The summed E-state index contributed by atoms with van der Waals surface area (Å²) in [6.45, 7) is 3.32. The van der Waals surface area contributed by atoms with Crippen LogP contribution in [0.25, 0.3) is 0 Å². The molecular formula is C28H39N3O3. The number of amides is 2. The van der Waals surface area contributed by atoms with Gasteiger partial charge in [-0.05, 0) is 45.0 Å². The first kappa shape index (κ1) is 25.8. The van der Waals surface area contributed by atoms with Gasteiger partial charge in [-0.25, -0.2) is 0 Å². The molecule has 6 heteroatoms. The average molecular weight is 466 g/mol. The van der Waals surface area contributed by atoms with Gasteiger partial charge in [0.15, 0.2) is 0 Å². The Morgan fingerprint density at radius 3 is 2.53 bits per heavy atom. The molecule has 1 aliphatic heterocycles. The lowest BCUT2D eigenvalue weighted by atomic mass is 9.83. The maximum Gasteiger partial charge on any atom is 0.225 e. The number of likely N-dealkylation sites (tertiary alicyclic amines) is 1. The largest absolute Gasteiger partial charge is 0.496 e. The van der Waals surface area contributed by atoms with Gasteiger partial charge in [-0.15, -0.1) is 0 Å². The van der Waals surface area contributed by atoms with E-state index < -0.39 is 0 Å². The number of hydrogen-bond donors (Lipinski definition) is 1. The lowest BCUT2D eigenvalue weighted by molar-refractivity contribution is -0.143. The summed E-state index contributed by atoms with van der Waals surface area (Å²) in [5.74, 6) is 0.524. The first-order chi connectivity index (χ1) is 16.5. The van der Waals surface area contributed by atoms with Crippen LogP contribution in [0.4, 0.5) is 0 Å². The van der Waals surface area contributed by atoms with Crippen LogP contribution in [0.3, 0.4) is 0 Å². The third-order valence-corrected chi connectivity index (χ3v) is 6.81. The Morgan fingerprint density at radius 2 is 1.85 bits per heavy atom. The third kappa shape index (κ3) is 6.38. The summed E-state index contributed by atoms with van der Waals surface area (Å²) in [4.78, 5) is 30.6. The number of nitrogens with zero attached hydrogens (tertiary/aromatic N) is 2. The van der Waals surface area contributed by atoms with Crippen molar-refractivity contribution in [3.63, 3.8) is 0 Å². The monoisotopic (exact) mass is 465 g/mol. The number of benzene rings is 2. The Morgan fingerprint density at radius 1 is 1.15 bits per heavy atom. The predicted octanol–water partition coefficient (Wildman–Crippen LogP) is 4.06. The Balaban J connectivity index is 1.81. The standard InChI is InChI=1S/C28H39N3O3/c1-5-6-18-31-26(32)17-16-24(27(31)23-14-10-11-15-25(23)34-4)28(33)29-20-22(30(2)3)19-21-12-8-7-9-13-21/h7-15,22,24,27H,5-6,16-20H2,1-4H3,(H,29,33). The van der Waals surface area contributed by atoms with Crippen molar-refractivity contribution < 1.29 is 14.3 Å². The van der Waals surface area contributed by atoms with E-state index in [9.17, 15) is 9.59 Å². The van der Waals surface area contributed by atoms with Crippen LogP contribution in [0.1, 0.15) is 49.8 Å². The second-order valence-corrected chi connectivity index (χ2v) is 9.32. The van der Waals surface area contributed by atoms with E-state index in [1.165, 1.54) is 5.56 Å². The highest BCUT2D eigenvalue weighted by Crippen LogP contribution is 2.40. The number of nitrogens with one attached hydrogen (secondary N) is 1. The van der Waals surface area contributed by atoms with Crippen LogP contribution in [0.5, 0.6) is 5.75 Å². The minimum absolute atomic E-state index is 0.00446. The number of rotatable bonds is 11. The number of hydrogen-bond acceptors (Lipinski definition) is 4. The molecule has 2 amide bonds. The van der Waals surface area contributed by atoms with Gasteiger partial charge in [-0.3, -0.25) is 9.59 Å². The second kappa shape index (κ2) is 12.6. The molecule has 3 atom stereocenters. The molecule has 6 nitrogen and oxygen atoms in total. The Bertz CT molecular complexity index is 932. The molecule has 2 aromatic carbocycles. The molecule has 3 rings (SSSR count). The van der Waals surface area contributed by atoms with Gasteiger partial charge < -0.3 is 19.9 Å². The number of piperidine rings is 1. The number of methoxy groups -OCH3 is 1. The third-order valence-electron chi connectivity index (χ3n) is 6.81. The normalized spacial score (nSPS) is 19.2. The summed E-state index contributed by atoms with van der Waals surface area (Å²) >= 11 is 0. The van der Waals surface area contributed by atoms with Crippen LogP contribution in [0, 0.1) is 5.92 Å². The van der Waals surface area contributed by atoms with Crippen LogP contribution in [-0.4, -0.2) is 62.0 Å². The van der Waals surface area contributed by atoms with E-state index in [1.807, 2.05) is 61.5 Å². The van der Waals surface area contributed by atoms with Gasteiger partial charge in [0.25, 0.3) is 0 Å². The van der Waals surface area contributed by atoms with Crippen molar-refractivity contribution in [1.82, 2.24) is 15.1 Å². The molecule has 0 spiro atoms. The van der Waals surface area contributed by atoms with Crippen LogP contribution < -0.4 is 10.1 Å². The van der Waals surface area contributed by atoms with Crippen molar-refractivity contribution in [2.75, 3.05) is 34.3 Å². The van der Waals surface area contributed by atoms with Crippen molar-refractivity contribution in [2.24, 2.45) is 5.92 Å². The van der Waals surface area contributed by atoms with E-state index in [0.29, 0.717) is 25.9 Å². The number of ether oxygens (including phenoxy) is 1. The Hall–Kier alpha value is -2.86. The van der Waals surface area contributed by atoms with E-state index in [1.54, 1.807) is 7.11 Å². The molecule has 34 heavy (non-hydrogen) atoms. The molecule has 184 valence electrons. The molecule has 0 radical (unpaired) electrons. The van der Waals surface area contributed by atoms with Gasteiger partial charge in [0.1, 0.15) is 5.75 Å². The van der Waals surface area contributed by atoms with E-state index in [-0.39, 0.29) is 29.8 Å². The van der Waals surface area contributed by atoms with Gasteiger partial charge >= 0.3 is 0 Å². The zero-order valence-electron chi connectivity index (χ0n) is 21.0. The zero-order valence-corrected chi connectivity index (χ0v) is 21.0. The molecule has 1 aliphatic rings. The van der Waals surface area contributed by atoms with Crippen LogP contribution in [0.15, 0.2) is 54.6 Å². The minimum Gasteiger partial charge on any atom is -0.496 e. The van der Waals surface area contributed by atoms with Crippen LogP contribution in [0.2, 0.25) is 0 Å². The highest BCUT2D eigenvalue weighted by atomic mass is 16.5. The van der Waals surface area contributed by atoms with E-state index >= 15 is 0 Å². The van der Waals surface area contributed by atoms with Crippen molar-refractivity contribution in [1.29, 1.82) is 0 Å². The number of carbonyl (C=O) groups excluding carboxylic acids is 2. The van der Waals surface area contributed by atoms with E-state index in [4.69, 9.17) is 4.74 Å². The highest BCUT2D eigenvalue weighted by Gasteiger charge is 2.41. The molecule has 1 heterocycles. The molecule has 0 saturated carbocycles. The van der Waals surface area contributed by atoms with Gasteiger partial charge in [0, 0.05) is 31.1 Å². The lowest BCUT2D eigenvalue weighted by Gasteiger charge is -2.41. The summed E-state index contributed by atoms with van der Waals surface area (Å²) in [6.07, 6.45) is 3.69. The molecule has 2 aromatic rings. The fourth-order valence-electron chi connectivity index (χ4n) is 4.79. The van der Waals surface area contributed by atoms with E-state index in [2.05, 4.69) is 29.3 Å². The maximum absolute atomic E-state index is 13.6. The van der Waals surface area contributed by atoms with Gasteiger partial charge in [-0.2, -0.15) is 0 Å². The van der Waals surface area contributed by atoms with Crippen LogP contribution in [-0.2, 0) is 16.0 Å². The molecule has 3 unspecified atom stereocenters. The fourth-order valence-corrected chi connectivity index (χ4v) is 4.79.